The first kappa shape index (κ1) is 17.3. The van der Waals surface area contributed by atoms with Crippen LogP contribution in [0.2, 0.25) is 0 Å². The fourth-order valence-electron chi connectivity index (χ4n) is 2.50. The third-order valence-corrected chi connectivity index (χ3v) is 3.72. The molecule has 3 rings (SSSR count). The number of aromatic nitrogens is 4. The quantitative estimate of drug-likeness (QED) is 0.653. The number of pyridine rings is 1. The molecule has 9 heteroatoms. The molecule has 0 spiro atoms. The molecule has 9 nitrogen and oxygen atoms in total. The molecule has 134 valence electrons. The van der Waals surface area contributed by atoms with Gasteiger partial charge in [-0.15, -0.1) is 0 Å². The fraction of sp³-hybridized carbons (Fsp3) is 0.235. The number of rotatable bonds is 7. The normalized spacial score (nSPS) is 10.8. The summed E-state index contributed by atoms with van der Waals surface area (Å²) in [4.78, 5) is 31.5. The van der Waals surface area contributed by atoms with Crippen molar-refractivity contribution in [2.45, 2.75) is 19.3 Å². The van der Waals surface area contributed by atoms with Crippen LogP contribution in [0, 0.1) is 0 Å². The lowest BCUT2D eigenvalue weighted by Gasteiger charge is -1.99. The van der Waals surface area contributed by atoms with E-state index in [1.165, 1.54) is 18.5 Å². The van der Waals surface area contributed by atoms with Gasteiger partial charge in [-0.2, -0.15) is 4.98 Å². The Bertz CT molecular complexity index is 942. The molecule has 0 fully saturated rings. The molecule has 0 saturated heterocycles. The second kappa shape index (κ2) is 7.18. The summed E-state index contributed by atoms with van der Waals surface area (Å²) in [5, 5.41) is 22.2. The van der Waals surface area contributed by atoms with E-state index in [4.69, 9.17) is 9.63 Å². The minimum absolute atomic E-state index is 0.0307. The highest BCUT2D eigenvalue weighted by Gasteiger charge is 2.17. The molecule has 3 aromatic heterocycles. The maximum absolute atomic E-state index is 12.2. The molecule has 0 aliphatic rings. The largest absolute Gasteiger partial charge is 0.506 e. The van der Waals surface area contributed by atoms with Crippen LogP contribution in [0.25, 0.3) is 11.5 Å². The van der Waals surface area contributed by atoms with Crippen LogP contribution >= 0.6 is 0 Å². The molecule has 0 radical (unpaired) electrons. The molecular formula is C17H16N4O5. The maximum atomic E-state index is 12.2. The smallest absolute Gasteiger partial charge is 0.337 e. The molecule has 0 amide bonds. The van der Waals surface area contributed by atoms with E-state index in [1.54, 1.807) is 23.9 Å². The van der Waals surface area contributed by atoms with Crippen LogP contribution in [0.15, 0.2) is 35.2 Å². The van der Waals surface area contributed by atoms with Gasteiger partial charge < -0.3 is 19.3 Å². The average molecular weight is 356 g/mol. The Morgan fingerprint density at radius 2 is 2.08 bits per heavy atom. The van der Waals surface area contributed by atoms with Crippen LogP contribution in [0.1, 0.15) is 28.2 Å². The lowest BCUT2D eigenvalue weighted by Crippen LogP contribution is -2.07. The van der Waals surface area contributed by atoms with Crippen LogP contribution < -0.4 is 0 Å². The van der Waals surface area contributed by atoms with Crippen molar-refractivity contribution in [3.63, 3.8) is 0 Å². The van der Waals surface area contributed by atoms with E-state index in [-0.39, 0.29) is 48.1 Å². The Morgan fingerprint density at radius 1 is 1.27 bits per heavy atom. The molecular weight excluding hydrogens is 340 g/mol. The van der Waals surface area contributed by atoms with E-state index in [9.17, 15) is 14.7 Å². The lowest BCUT2D eigenvalue weighted by atomic mass is 10.0. The predicted octanol–water partition coefficient (Wildman–Crippen LogP) is 1.62. The van der Waals surface area contributed by atoms with Crippen molar-refractivity contribution >= 4 is 11.8 Å². The number of carboxylic acid groups (broad SMARTS) is 1. The van der Waals surface area contributed by atoms with Gasteiger partial charge >= 0.3 is 5.97 Å². The number of ketones is 1. The molecule has 0 aliphatic heterocycles. The van der Waals surface area contributed by atoms with Crippen LogP contribution in [-0.2, 0) is 24.7 Å². The zero-order valence-corrected chi connectivity index (χ0v) is 13.9. The molecule has 0 atom stereocenters. The van der Waals surface area contributed by atoms with Gasteiger partial charge in [0.1, 0.15) is 17.2 Å². The third-order valence-electron chi connectivity index (χ3n) is 3.72. The van der Waals surface area contributed by atoms with Gasteiger partial charge in [-0.05, 0) is 17.7 Å². The summed E-state index contributed by atoms with van der Waals surface area (Å²) in [7, 11) is 1.71. The summed E-state index contributed by atoms with van der Waals surface area (Å²) in [5.74, 6) is -0.597. The number of aromatic hydroxyl groups is 1. The van der Waals surface area contributed by atoms with E-state index in [0.717, 1.165) is 0 Å². The zero-order chi connectivity index (χ0) is 18.7. The fourth-order valence-corrected chi connectivity index (χ4v) is 2.50. The van der Waals surface area contributed by atoms with Crippen molar-refractivity contribution in [1.82, 2.24) is 19.7 Å². The topological polar surface area (TPSA) is 131 Å². The third kappa shape index (κ3) is 3.94. The molecule has 26 heavy (non-hydrogen) atoms. The van der Waals surface area contributed by atoms with E-state index in [1.807, 2.05) is 0 Å². The number of hydrogen-bond donors (Lipinski definition) is 2. The highest BCUT2D eigenvalue weighted by atomic mass is 16.5. The molecule has 0 aromatic carbocycles. The van der Waals surface area contributed by atoms with Crippen LogP contribution in [-0.4, -0.2) is 41.7 Å². The summed E-state index contributed by atoms with van der Waals surface area (Å²) in [6.45, 7) is 0. The van der Waals surface area contributed by atoms with Crippen molar-refractivity contribution in [2.75, 3.05) is 0 Å². The number of aryl methyl sites for hydroxylation is 2. The van der Waals surface area contributed by atoms with Crippen LogP contribution in [0.3, 0.4) is 0 Å². The van der Waals surface area contributed by atoms with Crippen molar-refractivity contribution in [3.05, 3.63) is 47.7 Å². The molecule has 3 heterocycles. The van der Waals surface area contributed by atoms with Crippen molar-refractivity contribution in [1.29, 1.82) is 0 Å². The summed E-state index contributed by atoms with van der Waals surface area (Å²) >= 11 is 0. The first-order valence-corrected chi connectivity index (χ1v) is 7.80. The van der Waals surface area contributed by atoms with E-state index < -0.39 is 5.97 Å². The molecule has 2 N–H and O–H groups in total. The van der Waals surface area contributed by atoms with E-state index >= 15 is 0 Å². The van der Waals surface area contributed by atoms with Crippen molar-refractivity contribution < 1.29 is 24.3 Å². The van der Waals surface area contributed by atoms with Crippen molar-refractivity contribution in [3.8, 4) is 17.3 Å². The highest BCUT2D eigenvalue weighted by Crippen LogP contribution is 2.17. The molecule has 3 aromatic rings. The first-order chi connectivity index (χ1) is 12.4. The van der Waals surface area contributed by atoms with Gasteiger partial charge in [0.2, 0.25) is 11.7 Å². The maximum Gasteiger partial charge on any atom is 0.337 e. The van der Waals surface area contributed by atoms with Crippen LogP contribution in [0.5, 0.6) is 5.75 Å². The Kier molecular flexibility index (Phi) is 4.78. The van der Waals surface area contributed by atoms with Crippen molar-refractivity contribution in [2.24, 2.45) is 7.05 Å². The minimum Gasteiger partial charge on any atom is -0.506 e. The van der Waals surface area contributed by atoms with Gasteiger partial charge in [0, 0.05) is 38.7 Å². The second-order valence-corrected chi connectivity index (χ2v) is 5.80. The van der Waals surface area contributed by atoms with E-state index in [2.05, 4.69) is 15.1 Å². The number of aromatic carboxylic acids is 1. The summed E-state index contributed by atoms with van der Waals surface area (Å²) in [6, 6.07) is 3.01. The van der Waals surface area contributed by atoms with E-state index in [0.29, 0.717) is 11.3 Å². The standard InChI is InChI=1S/C17H16N4O5/c1-21-8-10(13(9-21)17(24)25)6-11(22)3-5-15-19-16(20-26-15)14-4-2-12(23)7-18-14/h2,4,7-9,23H,3,5-6H2,1H3,(H,24,25). The number of carbonyl (C=O) groups excluding carboxylic acids is 1. The lowest BCUT2D eigenvalue weighted by molar-refractivity contribution is -0.118. The summed E-state index contributed by atoms with van der Waals surface area (Å²) < 4.78 is 6.71. The summed E-state index contributed by atoms with van der Waals surface area (Å²) in [5.41, 5.74) is 1.04. The number of carbonyl (C=O) groups is 2. The average Bonchev–Trinajstić information content (AvgIpc) is 3.20. The Balaban J connectivity index is 1.60. The number of hydrogen-bond acceptors (Lipinski definition) is 7. The Hall–Kier alpha value is -3.49. The molecule has 0 aliphatic carbocycles. The number of nitrogens with zero attached hydrogens (tertiary/aromatic N) is 4. The molecule has 0 bridgehead atoms. The van der Waals surface area contributed by atoms with Gasteiger partial charge in [0.25, 0.3) is 0 Å². The monoisotopic (exact) mass is 356 g/mol. The van der Waals surface area contributed by atoms with Gasteiger partial charge in [-0.3, -0.25) is 4.79 Å². The van der Waals surface area contributed by atoms with Gasteiger partial charge in [0.15, 0.2) is 0 Å². The predicted molar refractivity (Wildman–Crippen MR) is 88.6 cm³/mol. The Morgan fingerprint density at radius 3 is 2.77 bits per heavy atom. The van der Waals surface area contributed by atoms with Gasteiger partial charge in [-0.25, -0.2) is 9.78 Å². The number of carboxylic acids is 1. The van der Waals surface area contributed by atoms with Crippen LogP contribution in [0.4, 0.5) is 0 Å². The highest BCUT2D eigenvalue weighted by molar-refractivity contribution is 5.92. The summed E-state index contributed by atoms with van der Waals surface area (Å²) in [6.07, 6.45) is 4.80. The second-order valence-electron chi connectivity index (χ2n) is 5.80. The molecule has 0 saturated carbocycles. The van der Waals surface area contributed by atoms with Gasteiger partial charge in [-0.1, -0.05) is 5.16 Å². The zero-order valence-electron chi connectivity index (χ0n) is 13.9. The SMILES string of the molecule is Cn1cc(CC(=O)CCc2nc(-c3ccc(O)cn3)no2)c(C(=O)O)c1. The first-order valence-electron chi connectivity index (χ1n) is 7.80. The number of Topliss-reactive ketones (excluding diaryl/α,β-unsaturated/α-hetero) is 1. The Labute approximate surface area is 147 Å². The minimum atomic E-state index is -1.06. The molecule has 0 unspecified atom stereocenters. The van der Waals surface area contributed by atoms with Gasteiger partial charge in [0.05, 0.1) is 11.8 Å².